The Kier molecular flexibility index (Phi) is 5.75. The van der Waals surface area contributed by atoms with E-state index >= 15 is 0 Å². The molecule has 0 amide bonds. The van der Waals surface area contributed by atoms with Crippen LogP contribution in [0.3, 0.4) is 0 Å². The van der Waals surface area contributed by atoms with Gasteiger partial charge in [0.05, 0.1) is 37.1 Å². The summed E-state index contributed by atoms with van der Waals surface area (Å²) in [6.07, 6.45) is -2.14. The van der Waals surface area contributed by atoms with E-state index in [2.05, 4.69) is 9.55 Å². The fourth-order valence-corrected chi connectivity index (χ4v) is 3.92. The van der Waals surface area contributed by atoms with E-state index < -0.39 is 11.7 Å². The predicted molar refractivity (Wildman–Crippen MR) is 111 cm³/mol. The lowest BCUT2D eigenvalue weighted by atomic mass is 10.1. The number of hydrogen-bond donors (Lipinski definition) is 0. The number of aryl methyl sites for hydroxylation is 1. The number of benzene rings is 1. The number of pyridine rings is 1. The van der Waals surface area contributed by atoms with E-state index in [4.69, 9.17) is 14.5 Å². The van der Waals surface area contributed by atoms with Crippen LogP contribution < -0.4 is 4.74 Å². The summed E-state index contributed by atoms with van der Waals surface area (Å²) in [7, 11) is 0. The lowest BCUT2D eigenvalue weighted by Gasteiger charge is -2.16. The lowest BCUT2D eigenvalue weighted by molar-refractivity contribution is -0.138. The molecule has 1 aliphatic heterocycles. The van der Waals surface area contributed by atoms with E-state index in [1.807, 2.05) is 26.0 Å². The van der Waals surface area contributed by atoms with Gasteiger partial charge in [-0.25, -0.2) is 4.98 Å². The van der Waals surface area contributed by atoms with Crippen LogP contribution in [-0.2, 0) is 23.9 Å². The third-order valence-corrected chi connectivity index (χ3v) is 5.27. The van der Waals surface area contributed by atoms with Gasteiger partial charge >= 0.3 is 6.18 Å². The second-order valence-corrected chi connectivity index (χ2v) is 7.60. The molecule has 1 aliphatic rings. The monoisotopic (exact) mass is 431 g/mol. The van der Waals surface area contributed by atoms with Crippen LogP contribution in [0.1, 0.15) is 30.8 Å². The van der Waals surface area contributed by atoms with Crippen molar-refractivity contribution in [1.29, 1.82) is 0 Å². The summed E-state index contributed by atoms with van der Waals surface area (Å²) in [5, 5.41) is 0. The van der Waals surface area contributed by atoms with Crippen molar-refractivity contribution < 1.29 is 22.6 Å². The standard InChI is InChI=1S/C23H24F3N3O2/c1-4-30-20-12-17(5-6-18(20)23(24,25)26)22-28-21(16-7-9-27-14(2)11-16)19-8-10-31-15(3)13-29(19)22/h5-7,9,11-12,15H,4,8,10,13H2,1-3H3/t15-/m1/s1. The second kappa shape index (κ2) is 8.34. The van der Waals surface area contributed by atoms with Gasteiger partial charge < -0.3 is 14.0 Å². The SMILES string of the molecule is CCOc1cc(-c2nc(-c3ccnc(C)c3)c3n2C[C@@H](C)OCC3)ccc1C(F)(F)F. The van der Waals surface area contributed by atoms with Gasteiger partial charge in [-0.05, 0) is 45.0 Å². The average Bonchev–Trinajstić information content (AvgIpc) is 2.94. The van der Waals surface area contributed by atoms with E-state index in [0.29, 0.717) is 31.0 Å². The molecule has 3 heterocycles. The molecule has 5 nitrogen and oxygen atoms in total. The van der Waals surface area contributed by atoms with E-state index in [9.17, 15) is 13.2 Å². The first kappa shape index (κ1) is 21.4. The highest BCUT2D eigenvalue weighted by Crippen LogP contribution is 2.39. The molecule has 0 N–H and O–H groups in total. The molecule has 2 aromatic heterocycles. The Morgan fingerprint density at radius 3 is 2.71 bits per heavy atom. The average molecular weight is 431 g/mol. The van der Waals surface area contributed by atoms with E-state index in [0.717, 1.165) is 28.7 Å². The summed E-state index contributed by atoms with van der Waals surface area (Å²) in [6.45, 7) is 6.81. The molecule has 164 valence electrons. The van der Waals surface area contributed by atoms with Gasteiger partial charge in [0.2, 0.25) is 0 Å². The summed E-state index contributed by atoms with van der Waals surface area (Å²) in [4.78, 5) is 9.14. The number of aromatic nitrogens is 3. The highest BCUT2D eigenvalue weighted by Gasteiger charge is 2.35. The van der Waals surface area contributed by atoms with Gasteiger partial charge in [-0.15, -0.1) is 0 Å². The molecular weight excluding hydrogens is 407 g/mol. The zero-order valence-corrected chi connectivity index (χ0v) is 17.7. The first-order valence-electron chi connectivity index (χ1n) is 10.3. The topological polar surface area (TPSA) is 49.2 Å². The zero-order chi connectivity index (χ0) is 22.2. The van der Waals surface area contributed by atoms with Crippen molar-refractivity contribution in [1.82, 2.24) is 14.5 Å². The number of fused-ring (bicyclic) bond motifs is 1. The largest absolute Gasteiger partial charge is 0.493 e. The number of imidazole rings is 1. The minimum atomic E-state index is -4.49. The summed E-state index contributed by atoms with van der Waals surface area (Å²) < 4.78 is 53.5. The molecule has 3 aromatic rings. The number of alkyl halides is 3. The third-order valence-electron chi connectivity index (χ3n) is 5.27. The third kappa shape index (κ3) is 4.30. The van der Waals surface area contributed by atoms with Crippen LogP contribution in [0.15, 0.2) is 36.5 Å². The molecule has 0 unspecified atom stereocenters. The Bertz CT molecular complexity index is 1090. The van der Waals surface area contributed by atoms with Crippen LogP contribution in [0.25, 0.3) is 22.6 Å². The number of nitrogens with zero attached hydrogens (tertiary/aromatic N) is 3. The summed E-state index contributed by atoms with van der Waals surface area (Å²) >= 11 is 0. The minimum absolute atomic E-state index is 0.0398. The predicted octanol–water partition coefficient (Wildman–Crippen LogP) is 5.30. The molecule has 0 spiro atoms. The molecule has 1 atom stereocenters. The van der Waals surface area contributed by atoms with E-state index in [1.165, 1.54) is 12.1 Å². The molecule has 0 bridgehead atoms. The summed E-state index contributed by atoms with van der Waals surface area (Å²) in [6, 6.07) is 7.81. The van der Waals surface area contributed by atoms with Crippen LogP contribution in [-0.4, -0.2) is 33.9 Å². The van der Waals surface area contributed by atoms with Crippen LogP contribution in [0.4, 0.5) is 13.2 Å². The summed E-state index contributed by atoms with van der Waals surface area (Å²) in [5.74, 6) is 0.413. The van der Waals surface area contributed by atoms with Crippen molar-refractivity contribution >= 4 is 0 Å². The van der Waals surface area contributed by atoms with Crippen LogP contribution >= 0.6 is 0 Å². The molecule has 0 aliphatic carbocycles. The Labute approximate surface area is 178 Å². The molecule has 0 radical (unpaired) electrons. The molecule has 8 heteroatoms. The van der Waals surface area contributed by atoms with Crippen LogP contribution in [0, 0.1) is 6.92 Å². The van der Waals surface area contributed by atoms with Crippen LogP contribution in [0.5, 0.6) is 5.75 Å². The zero-order valence-electron chi connectivity index (χ0n) is 17.7. The van der Waals surface area contributed by atoms with Crippen molar-refractivity contribution in [3.05, 3.63) is 53.5 Å². The molecule has 4 rings (SSSR count). The first-order valence-corrected chi connectivity index (χ1v) is 10.3. The molecule has 1 aromatic carbocycles. The number of rotatable bonds is 4. The van der Waals surface area contributed by atoms with Crippen molar-refractivity contribution in [2.45, 2.75) is 46.0 Å². The van der Waals surface area contributed by atoms with Crippen molar-refractivity contribution in [2.75, 3.05) is 13.2 Å². The maximum Gasteiger partial charge on any atom is 0.419 e. The highest BCUT2D eigenvalue weighted by atomic mass is 19.4. The van der Waals surface area contributed by atoms with Crippen molar-refractivity contribution in [3.8, 4) is 28.4 Å². The van der Waals surface area contributed by atoms with Gasteiger partial charge in [0.1, 0.15) is 11.6 Å². The molecule has 31 heavy (non-hydrogen) atoms. The number of hydrogen-bond acceptors (Lipinski definition) is 4. The Morgan fingerprint density at radius 1 is 1.19 bits per heavy atom. The van der Waals surface area contributed by atoms with Gasteiger partial charge in [-0.2, -0.15) is 13.2 Å². The van der Waals surface area contributed by atoms with Gasteiger partial charge in [-0.1, -0.05) is 6.07 Å². The van der Waals surface area contributed by atoms with Gasteiger partial charge in [-0.3, -0.25) is 4.98 Å². The molecular formula is C23H24F3N3O2. The summed E-state index contributed by atoms with van der Waals surface area (Å²) in [5.41, 5.74) is 3.38. The van der Waals surface area contributed by atoms with Crippen LogP contribution in [0.2, 0.25) is 0 Å². The second-order valence-electron chi connectivity index (χ2n) is 7.60. The number of halogens is 3. The molecule has 0 saturated carbocycles. The fraction of sp³-hybridized carbons (Fsp3) is 0.391. The Morgan fingerprint density at radius 2 is 2.00 bits per heavy atom. The van der Waals surface area contributed by atoms with Gasteiger partial charge in [0.15, 0.2) is 0 Å². The Hall–Kier alpha value is -2.87. The van der Waals surface area contributed by atoms with Crippen molar-refractivity contribution in [3.63, 3.8) is 0 Å². The molecule has 0 saturated heterocycles. The van der Waals surface area contributed by atoms with Gasteiger partial charge in [0, 0.05) is 35.1 Å². The molecule has 0 fully saturated rings. The van der Waals surface area contributed by atoms with Gasteiger partial charge in [0.25, 0.3) is 0 Å². The fourth-order valence-electron chi connectivity index (χ4n) is 3.92. The first-order chi connectivity index (χ1) is 14.8. The van der Waals surface area contributed by atoms with Crippen molar-refractivity contribution in [2.24, 2.45) is 0 Å². The number of ether oxygens (including phenoxy) is 2. The maximum atomic E-state index is 13.4. The highest BCUT2D eigenvalue weighted by molar-refractivity contribution is 5.70. The maximum absolute atomic E-state index is 13.4. The minimum Gasteiger partial charge on any atom is -0.493 e. The smallest absolute Gasteiger partial charge is 0.419 e. The Balaban J connectivity index is 1.90. The lowest BCUT2D eigenvalue weighted by Crippen LogP contribution is -2.15. The van der Waals surface area contributed by atoms with E-state index in [-0.39, 0.29) is 18.5 Å². The normalized spacial score (nSPS) is 16.6. The van der Waals surface area contributed by atoms with E-state index in [1.54, 1.807) is 13.1 Å². The quantitative estimate of drug-likeness (QED) is 0.563.